The van der Waals surface area contributed by atoms with E-state index in [-0.39, 0.29) is 5.69 Å². The number of hydrogen-bond acceptors (Lipinski definition) is 2. The van der Waals surface area contributed by atoms with E-state index in [0.717, 1.165) is 11.0 Å². The second kappa shape index (κ2) is 3.06. The quantitative estimate of drug-likeness (QED) is 0.672. The first kappa shape index (κ1) is 8.91. The van der Waals surface area contributed by atoms with Crippen LogP contribution < -0.4 is 0 Å². The Kier molecular flexibility index (Phi) is 1.71. The molecule has 0 unspecified atom stereocenters. The lowest BCUT2D eigenvalue weighted by Crippen LogP contribution is -2.04. The van der Waals surface area contributed by atoms with Gasteiger partial charge in [-0.3, -0.25) is 4.40 Å². The third-order valence-electron chi connectivity index (χ3n) is 2.55. The maximum Gasteiger partial charge on any atom is 0.352 e. The number of imidazole rings is 1. The van der Waals surface area contributed by atoms with Crippen LogP contribution in [-0.4, -0.2) is 20.5 Å². The maximum atomic E-state index is 11.1. The lowest BCUT2D eigenvalue weighted by atomic mass is 10.3. The molecule has 2 aromatic heterocycles. The highest BCUT2D eigenvalue weighted by atomic mass is 16.4. The summed E-state index contributed by atoms with van der Waals surface area (Å²) in [5.74, 6) is -0.950. The molecule has 0 saturated heterocycles. The number of fused-ring (bicyclic) bond motifs is 3. The Hall–Kier alpha value is -2.36. The number of carboxylic acid groups (broad SMARTS) is 1. The Morgan fingerprint density at radius 3 is 2.75 bits per heavy atom. The highest BCUT2D eigenvalue weighted by Crippen LogP contribution is 2.18. The smallest absolute Gasteiger partial charge is 0.352 e. The van der Waals surface area contributed by atoms with Crippen molar-refractivity contribution in [1.82, 2.24) is 9.38 Å². The minimum absolute atomic E-state index is 0.228. The highest BCUT2D eigenvalue weighted by Gasteiger charge is 2.11. The summed E-state index contributed by atoms with van der Waals surface area (Å²) in [6.45, 7) is 0. The normalized spacial score (nSPS) is 11.0. The van der Waals surface area contributed by atoms with E-state index in [0.29, 0.717) is 5.65 Å². The largest absolute Gasteiger partial charge is 0.477 e. The molecule has 0 atom stereocenters. The van der Waals surface area contributed by atoms with Crippen molar-refractivity contribution in [2.24, 2.45) is 0 Å². The van der Waals surface area contributed by atoms with Crippen LogP contribution in [0.2, 0.25) is 0 Å². The molecule has 0 saturated carbocycles. The van der Waals surface area contributed by atoms with E-state index in [2.05, 4.69) is 4.98 Å². The number of rotatable bonds is 1. The third-order valence-corrected chi connectivity index (χ3v) is 2.55. The minimum Gasteiger partial charge on any atom is -0.477 e. The third kappa shape index (κ3) is 1.10. The summed E-state index contributed by atoms with van der Waals surface area (Å²) in [6.07, 6.45) is 0. The summed E-state index contributed by atoms with van der Waals surface area (Å²) in [7, 11) is 0. The van der Waals surface area contributed by atoms with E-state index in [4.69, 9.17) is 5.11 Å². The molecule has 2 heterocycles. The standard InChI is InChI=1S/C12H8N2O2/c15-12(16)10-6-3-7-11-13-8-4-1-2-5-9(8)14(10)11/h1-7H,(H,15,16). The molecule has 0 spiro atoms. The number of pyridine rings is 1. The van der Waals surface area contributed by atoms with Gasteiger partial charge in [0.05, 0.1) is 11.0 Å². The van der Waals surface area contributed by atoms with Crippen LogP contribution in [0.15, 0.2) is 42.5 Å². The van der Waals surface area contributed by atoms with Gasteiger partial charge in [-0.05, 0) is 24.3 Å². The fourth-order valence-corrected chi connectivity index (χ4v) is 1.88. The van der Waals surface area contributed by atoms with Gasteiger partial charge >= 0.3 is 5.97 Å². The van der Waals surface area contributed by atoms with Crippen LogP contribution in [0.3, 0.4) is 0 Å². The summed E-state index contributed by atoms with van der Waals surface area (Å²) in [4.78, 5) is 15.5. The van der Waals surface area contributed by atoms with Gasteiger partial charge in [0.2, 0.25) is 0 Å². The summed E-state index contributed by atoms with van der Waals surface area (Å²) in [5.41, 5.74) is 2.50. The molecule has 78 valence electrons. The number of carbonyl (C=O) groups is 1. The van der Waals surface area contributed by atoms with Gasteiger partial charge in [0.1, 0.15) is 11.3 Å². The molecule has 3 aromatic rings. The van der Waals surface area contributed by atoms with E-state index < -0.39 is 5.97 Å². The average molecular weight is 212 g/mol. The zero-order valence-corrected chi connectivity index (χ0v) is 8.29. The van der Waals surface area contributed by atoms with Crippen molar-refractivity contribution in [3.8, 4) is 0 Å². The number of hydrogen-bond donors (Lipinski definition) is 1. The number of aromatic carboxylic acids is 1. The van der Waals surface area contributed by atoms with Gasteiger partial charge in [0.25, 0.3) is 0 Å². The van der Waals surface area contributed by atoms with E-state index in [1.165, 1.54) is 0 Å². The van der Waals surface area contributed by atoms with Gasteiger partial charge in [-0.1, -0.05) is 18.2 Å². The van der Waals surface area contributed by atoms with Crippen molar-refractivity contribution in [2.45, 2.75) is 0 Å². The fourth-order valence-electron chi connectivity index (χ4n) is 1.88. The average Bonchev–Trinajstić information content (AvgIpc) is 2.66. The molecule has 0 amide bonds. The monoisotopic (exact) mass is 212 g/mol. The highest BCUT2D eigenvalue weighted by molar-refractivity contribution is 5.91. The van der Waals surface area contributed by atoms with Crippen molar-refractivity contribution in [1.29, 1.82) is 0 Å². The molecule has 3 rings (SSSR count). The summed E-state index contributed by atoms with van der Waals surface area (Å²) < 4.78 is 1.65. The Labute approximate surface area is 90.8 Å². The van der Waals surface area contributed by atoms with Crippen molar-refractivity contribution >= 4 is 22.6 Å². The molecule has 4 heteroatoms. The van der Waals surface area contributed by atoms with Crippen molar-refractivity contribution < 1.29 is 9.90 Å². The number of para-hydroxylation sites is 2. The zero-order valence-electron chi connectivity index (χ0n) is 8.29. The lowest BCUT2D eigenvalue weighted by Gasteiger charge is -2.00. The molecule has 16 heavy (non-hydrogen) atoms. The van der Waals surface area contributed by atoms with Crippen LogP contribution in [0.5, 0.6) is 0 Å². The number of carboxylic acids is 1. The Bertz CT molecular complexity index is 700. The van der Waals surface area contributed by atoms with E-state index in [1.54, 1.807) is 22.6 Å². The summed E-state index contributed by atoms with van der Waals surface area (Å²) in [5, 5.41) is 9.11. The molecule has 0 aliphatic heterocycles. The lowest BCUT2D eigenvalue weighted by molar-refractivity contribution is 0.0689. The maximum absolute atomic E-state index is 11.1. The van der Waals surface area contributed by atoms with Crippen LogP contribution in [0.1, 0.15) is 10.5 Å². The predicted molar refractivity (Wildman–Crippen MR) is 59.7 cm³/mol. The topological polar surface area (TPSA) is 54.6 Å². The molecular weight excluding hydrogens is 204 g/mol. The van der Waals surface area contributed by atoms with Gasteiger partial charge in [-0.15, -0.1) is 0 Å². The van der Waals surface area contributed by atoms with Gasteiger partial charge in [-0.25, -0.2) is 9.78 Å². The molecule has 4 nitrogen and oxygen atoms in total. The molecular formula is C12H8N2O2. The molecule has 0 radical (unpaired) electrons. The Morgan fingerprint density at radius 2 is 1.94 bits per heavy atom. The van der Waals surface area contributed by atoms with Gasteiger partial charge in [-0.2, -0.15) is 0 Å². The van der Waals surface area contributed by atoms with E-state index in [9.17, 15) is 4.79 Å². The van der Waals surface area contributed by atoms with Crippen molar-refractivity contribution in [2.75, 3.05) is 0 Å². The summed E-state index contributed by atoms with van der Waals surface area (Å²) in [6, 6.07) is 12.6. The number of aromatic nitrogens is 2. The van der Waals surface area contributed by atoms with Crippen LogP contribution >= 0.6 is 0 Å². The fraction of sp³-hybridized carbons (Fsp3) is 0. The Morgan fingerprint density at radius 1 is 1.12 bits per heavy atom. The second-order valence-corrected chi connectivity index (χ2v) is 3.51. The zero-order chi connectivity index (χ0) is 11.1. The number of benzene rings is 1. The molecule has 0 bridgehead atoms. The SMILES string of the molecule is O=C(O)c1cccc2nc3ccccc3n12. The van der Waals surface area contributed by atoms with Gasteiger partial charge in [0, 0.05) is 0 Å². The second-order valence-electron chi connectivity index (χ2n) is 3.51. The predicted octanol–water partition coefficient (Wildman–Crippen LogP) is 2.19. The van der Waals surface area contributed by atoms with Crippen LogP contribution in [0, 0.1) is 0 Å². The molecule has 1 aromatic carbocycles. The van der Waals surface area contributed by atoms with E-state index in [1.807, 2.05) is 24.3 Å². The van der Waals surface area contributed by atoms with Gasteiger partial charge < -0.3 is 5.11 Å². The van der Waals surface area contributed by atoms with Crippen molar-refractivity contribution in [3.63, 3.8) is 0 Å². The first-order valence-corrected chi connectivity index (χ1v) is 4.87. The van der Waals surface area contributed by atoms with Crippen molar-refractivity contribution in [3.05, 3.63) is 48.2 Å². The van der Waals surface area contributed by atoms with Crippen LogP contribution in [-0.2, 0) is 0 Å². The molecule has 1 N–H and O–H groups in total. The molecule has 0 fully saturated rings. The first-order chi connectivity index (χ1) is 7.77. The Balaban J connectivity index is 2.57. The molecule has 0 aliphatic carbocycles. The minimum atomic E-state index is -0.950. The molecule has 0 aliphatic rings. The van der Waals surface area contributed by atoms with Gasteiger partial charge in [0.15, 0.2) is 0 Å². The summed E-state index contributed by atoms with van der Waals surface area (Å²) >= 11 is 0. The van der Waals surface area contributed by atoms with Crippen LogP contribution in [0.25, 0.3) is 16.7 Å². The first-order valence-electron chi connectivity index (χ1n) is 4.87. The van der Waals surface area contributed by atoms with Crippen LogP contribution in [0.4, 0.5) is 0 Å². The van der Waals surface area contributed by atoms with E-state index >= 15 is 0 Å². The number of nitrogens with zero attached hydrogens (tertiary/aromatic N) is 2.